The van der Waals surface area contributed by atoms with Crippen molar-refractivity contribution in [2.45, 2.75) is 60.3 Å². The van der Waals surface area contributed by atoms with Crippen LogP contribution >= 0.6 is 11.3 Å². The molecule has 3 heteroatoms. The number of hydrogen-bond donors (Lipinski definition) is 0. The lowest BCUT2D eigenvalue weighted by Gasteiger charge is -2.24. The minimum Gasteiger partial charge on any atom is -0.200 e. The molecule has 0 aliphatic heterocycles. The third-order valence-electron chi connectivity index (χ3n) is 6.55. The second-order valence-corrected chi connectivity index (χ2v) is 12.4. The van der Waals surface area contributed by atoms with Crippen molar-refractivity contribution in [3.05, 3.63) is 75.6 Å². The number of nitriles is 1. The lowest BCUT2D eigenvalue weighted by Crippen LogP contribution is -2.32. The molecule has 2 aromatic heterocycles. The second-order valence-electron chi connectivity index (χ2n) is 11.6. The second kappa shape index (κ2) is 8.67. The summed E-state index contributed by atoms with van der Waals surface area (Å²) < 4.78 is 2.11. The summed E-state index contributed by atoms with van der Waals surface area (Å²) in [5, 5.41) is 17.1. The van der Waals surface area contributed by atoms with Crippen molar-refractivity contribution in [1.29, 1.82) is 5.26 Å². The summed E-state index contributed by atoms with van der Waals surface area (Å²) in [4.78, 5) is 0. The van der Waals surface area contributed by atoms with Crippen LogP contribution in [0.5, 0.6) is 0 Å². The molecule has 0 saturated heterocycles. The Morgan fingerprint density at radius 2 is 1.59 bits per heavy atom. The third kappa shape index (κ3) is 4.52. The maximum absolute atomic E-state index is 10.0. The lowest BCUT2D eigenvalue weighted by atomic mass is 9.80. The first-order chi connectivity index (χ1) is 15.9. The Labute approximate surface area is 208 Å². The largest absolute Gasteiger partial charge is 0.213 e. The highest BCUT2D eigenvalue weighted by Crippen LogP contribution is 2.39. The Balaban J connectivity index is 2.01. The molecule has 0 spiro atoms. The molecule has 0 amide bonds. The van der Waals surface area contributed by atoms with E-state index in [1.165, 1.54) is 38.6 Å². The molecule has 0 fully saturated rings. The standard InChI is InChI=1S/C31H35N2S/c1-20-23-11-9-10-12-24(23)28(31(5,6)7)13-25(20)29-14-26(22(16-32)17-33(29)8)27-19-34-18-21(27)15-30(2,3)4/h9-14,17-19H,15H2,1-8H3/q+1. The van der Waals surface area contributed by atoms with E-state index in [1.54, 1.807) is 11.3 Å². The average Bonchev–Trinajstić information content (AvgIpc) is 3.19. The first-order valence-corrected chi connectivity index (χ1v) is 12.9. The molecule has 0 N–H and O–H groups in total. The van der Waals surface area contributed by atoms with Crippen molar-refractivity contribution >= 4 is 22.1 Å². The van der Waals surface area contributed by atoms with Crippen molar-refractivity contribution < 1.29 is 4.57 Å². The van der Waals surface area contributed by atoms with E-state index in [2.05, 4.69) is 113 Å². The van der Waals surface area contributed by atoms with Gasteiger partial charge < -0.3 is 0 Å². The summed E-state index contributed by atoms with van der Waals surface area (Å²) in [5.41, 5.74) is 9.43. The molecule has 0 aliphatic carbocycles. The van der Waals surface area contributed by atoms with Crippen LogP contribution in [-0.4, -0.2) is 0 Å². The molecule has 0 bridgehead atoms. The van der Waals surface area contributed by atoms with E-state index in [9.17, 15) is 5.26 Å². The molecule has 4 rings (SSSR count). The Morgan fingerprint density at radius 3 is 2.21 bits per heavy atom. The summed E-state index contributed by atoms with van der Waals surface area (Å²) in [5.74, 6) is 0. The van der Waals surface area contributed by atoms with Crippen molar-refractivity contribution in [2.24, 2.45) is 12.5 Å². The SMILES string of the molecule is Cc1c(-c2cc(-c3cscc3CC(C)(C)C)c(C#N)c[n+]2C)cc(C(C)(C)C)c2ccccc12. The van der Waals surface area contributed by atoms with Gasteiger partial charge in [-0.3, -0.25) is 0 Å². The summed E-state index contributed by atoms with van der Waals surface area (Å²) in [7, 11) is 2.05. The van der Waals surface area contributed by atoms with Gasteiger partial charge >= 0.3 is 0 Å². The molecule has 2 aromatic carbocycles. The quantitative estimate of drug-likeness (QED) is 0.279. The molecule has 34 heavy (non-hydrogen) atoms. The number of aryl methyl sites for hydroxylation is 2. The van der Waals surface area contributed by atoms with Crippen molar-refractivity contribution in [3.63, 3.8) is 0 Å². The van der Waals surface area contributed by atoms with Crippen LogP contribution < -0.4 is 4.57 Å². The van der Waals surface area contributed by atoms with Gasteiger partial charge in [-0.1, -0.05) is 65.8 Å². The van der Waals surface area contributed by atoms with E-state index in [0.29, 0.717) is 5.56 Å². The summed E-state index contributed by atoms with van der Waals surface area (Å²) in [6, 6.07) is 15.8. The zero-order chi connectivity index (χ0) is 24.8. The number of hydrogen-bond acceptors (Lipinski definition) is 2. The topological polar surface area (TPSA) is 27.7 Å². The van der Waals surface area contributed by atoms with Crippen LogP contribution in [0.15, 0.2) is 53.4 Å². The molecule has 0 aliphatic rings. The molecule has 4 aromatic rings. The van der Waals surface area contributed by atoms with Crippen LogP contribution in [0, 0.1) is 23.7 Å². The molecule has 2 nitrogen and oxygen atoms in total. The number of benzene rings is 2. The summed E-state index contributed by atoms with van der Waals surface area (Å²) in [6.07, 6.45) is 2.98. The smallest absolute Gasteiger partial charge is 0.200 e. The van der Waals surface area contributed by atoms with E-state index < -0.39 is 0 Å². The molecular weight excluding hydrogens is 432 g/mol. The number of aromatic nitrogens is 1. The summed E-state index contributed by atoms with van der Waals surface area (Å²) in [6.45, 7) is 15.9. The number of nitrogens with zero attached hydrogens (tertiary/aromatic N) is 2. The van der Waals surface area contributed by atoms with Gasteiger partial charge in [0.25, 0.3) is 0 Å². The first kappa shape index (κ1) is 24.2. The number of pyridine rings is 1. The Kier molecular flexibility index (Phi) is 6.17. The van der Waals surface area contributed by atoms with Gasteiger partial charge in [0.1, 0.15) is 18.7 Å². The fourth-order valence-electron chi connectivity index (χ4n) is 4.90. The van der Waals surface area contributed by atoms with Gasteiger partial charge in [0.05, 0.1) is 0 Å². The van der Waals surface area contributed by atoms with Gasteiger partial charge in [0.2, 0.25) is 5.69 Å². The zero-order valence-electron chi connectivity index (χ0n) is 21.7. The molecule has 2 heterocycles. The fraction of sp³-hybridized carbons (Fsp3) is 0.355. The average molecular weight is 468 g/mol. The molecule has 0 unspecified atom stereocenters. The summed E-state index contributed by atoms with van der Waals surface area (Å²) >= 11 is 1.72. The van der Waals surface area contributed by atoms with Gasteiger partial charge in [-0.2, -0.15) is 21.2 Å². The normalized spacial score (nSPS) is 12.2. The van der Waals surface area contributed by atoms with E-state index >= 15 is 0 Å². The van der Waals surface area contributed by atoms with Crippen molar-refractivity contribution in [3.8, 4) is 28.5 Å². The third-order valence-corrected chi connectivity index (χ3v) is 7.34. The van der Waals surface area contributed by atoms with Crippen LogP contribution in [0.2, 0.25) is 0 Å². The van der Waals surface area contributed by atoms with E-state index in [1.807, 2.05) is 6.20 Å². The van der Waals surface area contributed by atoms with Crippen molar-refractivity contribution in [1.82, 2.24) is 0 Å². The van der Waals surface area contributed by atoms with Crippen LogP contribution in [0.3, 0.4) is 0 Å². The molecule has 0 atom stereocenters. The Hall–Kier alpha value is -2.96. The fourth-order valence-corrected chi connectivity index (χ4v) is 5.76. The van der Waals surface area contributed by atoms with Crippen LogP contribution in [0.1, 0.15) is 63.8 Å². The highest BCUT2D eigenvalue weighted by molar-refractivity contribution is 7.08. The van der Waals surface area contributed by atoms with E-state index in [4.69, 9.17) is 0 Å². The van der Waals surface area contributed by atoms with Crippen LogP contribution in [0.4, 0.5) is 0 Å². The maximum atomic E-state index is 10.0. The molecule has 0 radical (unpaired) electrons. The van der Waals surface area contributed by atoms with E-state index in [-0.39, 0.29) is 10.8 Å². The van der Waals surface area contributed by atoms with Gasteiger partial charge in [-0.15, -0.1) is 0 Å². The van der Waals surface area contributed by atoms with Gasteiger partial charge in [0.15, 0.2) is 6.20 Å². The zero-order valence-corrected chi connectivity index (χ0v) is 22.5. The molecular formula is C31H35N2S+. The number of rotatable bonds is 3. The Morgan fingerprint density at radius 1 is 0.912 bits per heavy atom. The molecule has 174 valence electrons. The van der Waals surface area contributed by atoms with Crippen LogP contribution in [-0.2, 0) is 18.9 Å². The molecule has 0 saturated carbocycles. The predicted molar refractivity (Wildman–Crippen MR) is 145 cm³/mol. The van der Waals surface area contributed by atoms with Crippen molar-refractivity contribution in [2.75, 3.05) is 0 Å². The van der Waals surface area contributed by atoms with E-state index in [0.717, 1.165) is 17.7 Å². The highest BCUT2D eigenvalue weighted by atomic mass is 32.1. The van der Waals surface area contributed by atoms with Gasteiger partial charge in [-0.05, 0) is 74.0 Å². The highest BCUT2D eigenvalue weighted by Gasteiger charge is 2.26. The van der Waals surface area contributed by atoms with Gasteiger partial charge in [-0.25, -0.2) is 0 Å². The predicted octanol–water partition coefficient (Wildman–Crippen LogP) is 8.13. The minimum atomic E-state index is 0.0171. The van der Waals surface area contributed by atoms with Gasteiger partial charge in [0, 0.05) is 17.2 Å². The minimum absolute atomic E-state index is 0.0171. The Bertz CT molecular complexity index is 1420. The maximum Gasteiger partial charge on any atom is 0.213 e. The number of fused-ring (bicyclic) bond motifs is 1. The van der Waals surface area contributed by atoms with Crippen LogP contribution in [0.25, 0.3) is 33.2 Å². The lowest BCUT2D eigenvalue weighted by molar-refractivity contribution is -0.660. The monoisotopic (exact) mass is 467 g/mol. The number of thiophene rings is 1. The first-order valence-electron chi connectivity index (χ1n) is 11.9.